The van der Waals surface area contributed by atoms with Crippen molar-refractivity contribution in [1.29, 1.82) is 0 Å². The molecule has 1 fully saturated rings. The molecule has 0 atom stereocenters. The highest BCUT2D eigenvalue weighted by atomic mass is 35.5. The van der Waals surface area contributed by atoms with Crippen LogP contribution in [0.5, 0.6) is 0 Å². The van der Waals surface area contributed by atoms with Crippen molar-refractivity contribution < 1.29 is 0 Å². The van der Waals surface area contributed by atoms with Crippen molar-refractivity contribution in [2.75, 3.05) is 37.4 Å². The van der Waals surface area contributed by atoms with Gasteiger partial charge in [0.1, 0.15) is 18.0 Å². The number of nitrogens with one attached hydrogen (secondary N) is 2. The van der Waals surface area contributed by atoms with Gasteiger partial charge in [0.15, 0.2) is 0 Å². The molecule has 0 aromatic carbocycles. The van der Waals surface area contributed by atoms with Crippen molar-refractivity contribution in [2.24, 2.45) is 0 Å². The molecule has 5 nitrogen and oxygen atoms in total. The second kappa shape index (κ2) is 6.61. The standard InChI is InChI=1S/C11H19N5.ClH/c1-16(2)11-7-10(13-8-14-11)15-9-3-5-12-6-4-9;/h7-9,12H,3-6H2,1-2H3,(H,13,14,15);1H. The average Bonchev–Trinajstić information content (AvgIpc) is 2.30. The lowest BCUT2D eigenvalue weighted by atomic mass is 10.1. The first-order chi connectivity index (χ1) is 7.75. The molecule has 1 aliphatic rings. The van der Waals surface area contributed by atoms with E-state index >= 15 is 0 Å². The third-order valence-electron chi connectivity index (χ3n) is 2.80. The Morgan fingerprint density at radius 3 is 2.65 bits per heavy atom. The summed E-state index contributed by atoms with van der Waals surface area (Å²) in [5, 5.41) is 6.81. The Morgan fingerprint density at radius 2 is 2.00 bits per heavy atom. The van der Waals surface area contributed by atoms with Gasteiger partial charge in [-0.1, -0.05) is 0 Å². The number of nitrogens with zero attached hydrogens (tertiary/aromatic N) is 3. The van der Waals surface area contributed by atoms with Crippen LogP contribution in [0.25, 0.3) is 0 Å². The number of halogens is 1. The van der Waals surface area contributed by atoms with E-state index in [2.05, 4.69) is 20.6 Å². The van der Waals surface area contributed by atoms with Gasteiger partial charge >= 0.3 is 0 Å². The summed E-state index contributed by atoms with van der Waals surface area (Å²) in [6, 6.07) is 2.52. The minimum Gasteiger partial charge on any atom is -0.367 e. The highest BCUT2D eigenvalue weighted by Crippen LogP contribution is 2.14. The molecule has 0 bridgehead atoms. The Kier molecular flexibility index (Phi) is 5.44. The van der Waals surface area contributed by atoms with E-state index in [0.717, 1.165) is 37.6 Å². The first-order valence-corrected chi connectivity index (χ1v) is 5.72. The van der Waals surface area contributed by atoms with E-state index in [0.29, 0.717) is 6.04 Å². The summed E-state index contributed by atoms with van der Waals surface area (Å²) in [6.45, 7) is 2.17. The van der Waals surface area contributed by atoms with Crippen LogP contribution in [0.15, 0.2) is 12.4 Å². The zero-order valence-electron chi connectivity index (χ0n) is 10.3. The summed E-state index contributed by atoms with van der Waals surface area (Å²) < 4.78 is 0. The van der Waals surface area contributed by atoms with Crippen molar-refractivity contribution in [1.82, 2.24) is 15.3 Å². The van der Waals surface area contributed by atoms with Crippen LogP contribution in [-0.4, -0.2) is 43.2 Å². The zero-order valence-corrected chi connectivity index (χ0v) is 11.1. The molecular weight excluding hydrogens is 238 g/mol. The molecule has 17 heavy (non-hydrogen) atoms. The Balaban J connectivity index is 0.00000144. The molecule has 0 unspecified atom stereocenters. The van der Waals surface area contributed by atoms with Gasteiger partial charge < -0.3 is 15.5 Å². The maximum absolute atomic E-state index is 4.25. The first kappa shape index (κ1) is 14.0. The fraction of sp³-hybridized carbons (Fsp3) is 0.636. The van der Waals surface area contributed by atoms with Gasteiger partial charge in [0.25, 0.3) is 0 Å². The lowest BCUT2D eigenvalue weighted by Gasteiger charge is -2.24. The smallest absolute Gasteiger partial charge is 0.133 e. The first-order valence-electron chi connectivity index (χ1n) is 5.72. The minimum absolute atomic E-state index is 0. The molecule has 2 heterocycles. The average molecular weight is 258 g/mol. The summed E-state index contributed by atoms with van der Waals surface area (Å²) in [6.07, 6.45) is 3.92. The minimum atomic E-state index is 0. The summed E-state index contributed by atoms with van der Waals surface area (Å²) in [7, 11) is 3.97. The predicted octanol–water partition coefficient (Wildman–Crippen LogP) is 1.13. The third-order valence-corrected chi connectivity index (χ3v) is 2.80. The van der Waals surface area contributed by atoms with Crippen LogP contribution in [0.3, 0.4) is 0 Å². The van der Waals surface area contributed by atoms with Gasteiger partial charge in [-0.3, -0.25) is 0 Å². The molecule has 1 aromatic heterocycles. The second-order valence-electron chi connectivity index (χ2n) is 4.32. The van der Waals surface area contributed by atoms with E-state index in [9.17, 15) is 0 Å². The quantitative estimate of drug-likeness (QED) is 0.850. The largest absolute Gasteiger partial charge is 0.367 e. The molecule has 0 spiro atoms. The van der Waals surface area contributed by atoms with Gasteiger partial charge in [0.2, 0.25) is 0 Å². The Morgan fingerprint density at radius 1 is 1.29 bits per heavy atom. The van der Waals surface area contributed by atoms with Gasteiger partial charge in [-0.15, -0.1) is 12.4 Å². The molecule has 2 N–H and O–H groups in total. The second-order valence-corrected chi connectivity index (χ2v) is 4.32. The van der Waals surface area contributed by atoms with Crippen LogP contribution < -0.4 is 15.5 Å². The maximum atomic E-state index is 4.25. The van der Waals surface area contributed by atoms with Crippen LogP contribution in [0.2, 0.25) is 0 Å². The number of rotatable bonds is 3. The number of anilines is 2. The van der Waals surface area contributed by atoms with Crippen molar-refractivity contribution in [3.63, 3.8) is 0 Å². The Labute approximate surface area is 108 Å². The van der Waals surface area contributed by atoms with E-state index in [-0.39, 0.29) is 12.4 Å². The van der Waals surface area contributed by atoms with Crippen LogP contribution in [-0.2, 0) is 0 Å². The molecule has 0 saturated carbocycles. The molecule has 1 aromatic rings. The number of aromatic nitrogens is 2. The highest BCUT2D eigenvalue weighted by molar-refractivity contribution is 5.85. The monoisotopic (exact) mass is 257 g/mol. The van der Waals surface area contributed by atoms with E-state index in [4.69, 9.17) is 0 Å². The summed E-state index contributed by atoms with van der Waals surface area (Å²) in [5.74, 6) is 1.86. The molecule has 6 heteroatoms. The SMILES string of the molecule is CN(C)c1cc(NC2CCNCC2)ncn1.Cl. The topological polar surface area (TPSA) is 53.1 Å². The fourth-order valence-corrected chi connectivity index (χ4v) is 1.85. The maximum Gasteiger partial charge on any atom is 0.133 e. The number of hydrogen-bond donors (Lipinski definition) is 2. The van der Waals surface area contributed by atoms with Gasteiger partial charge in [-0.2, -0.15) is 0 Å². The molecule has 0 amide bonds. The van der Waals surface area contributed by atoms with Gasteiger partial charge in [0, 0.05) is 26.2 Å². The molecule has 1 saturated heterocycles. The zero-order chi connectivity index (χ0) is 11.4. The van der Waals surface area contributed by atoms with Crippen molar-refractivity contribution in [2.45, 2.75) is 18.9 Å². The molecule has 0 aliphatic carbocycles. The number of piperidine rings is 1. The van der Waals surface area contributed by atoms with Gasteiger partial charge in [-0.25, -0.2) is 9.97 Å². The van der Waals surface area contributed by atoms with E-state index in [1.165, 1.54) is 0 Å². The van der Waals surface area contributed by atoms with Crippen LogP contribution >= 0.6 is 12.4 Å². The molecule has 1 aliphatic heterocycles. The van der Waals surface area contributed by atoms with E-state index in [1.54, 1.807) is 6.33 Å². The lowest BCUT2D eigenvalue weighted by molar-refractivity contribution is 0.478. The lowest BCUT2D eigenvalue weighted by Crippen LogP contribution is -2.35. The molecule has 2 rings (SSSR count). The fourth-order valence-electron chi connectivity index (χ4n) is 1.85. The Hall–Kier alpha value is -1.07. The molecule has 0 radical (unpaired) electrons. The van der Waals surface area contributed by atoms with Crippen LogP contribution in [0.1, 0.15) is 12.8 Å². The van der Waals surface area contributed by atoms with E-state index in [1.807, 2.05) is 25.1 Å². The van der Waals surface area contributed by atoms with Crippen molar-refractivity contribution >= 4 is 24.0 Å². The highest BCUT2D eigenvalue weighted by Gasteiger charge is 2.13. The molecular formula is C11H20ClN5. The van der Waals surface area contributed by atoms with Crippen molar-refractivity contribution in [3.8, 4) is 0 Å². The summed E-state index contributed by atoms with van der Waals surface area (Å²) >= 11 is 0. The van der Waals surface area contributed by atoms with Gasteiger partial charge in [-0.05, 0) is 25.9 Å². The third kappa shape index (κ3) is 4.02. The van der Waals surface area contributed by atoms with Crippen LogP contribution in [0.4, 0.5) is 11.6 Å². The number of hydrogen-bond acceptors (Lipinski definition) is 5. The Bertz CT molecular complexity index is 338. The van der Waals surface area contributed by atoms with Gasteiger partial charge in [0.05, 0.1) is 0 Å². The van der Waals surface area contributed by atoms with Crippen LogP contribution in [0, 0.1) is 0 Å². The normalized spacial score (nSPS) is 16.1. The predicted molar refractivity (Wildman–Crippen MR) is 73.1 cm³/mol. The summed E-state index contributed by atoms with van der Waals surface area (Å²) in [5.41, 5.74) is 0. The summed E-state index contributed by atoms with van der Waals surface area (Å²) in [4.78, 5) is 10.4. The molecule has 96 valence electrons. The van der Waals surface area contributed by atoms with E-state index < -0.39 is 0 Å². The van der Waals surface area contributed by atoms with Crippen molar-refractivity contribution in [3.05, 3.63) is 12.4 Å².